The molecule has 7 nitrogen and oxygen atoms in total. The van der Waals surface area contributed by atoms with Crippen LogP contribution in [0.4, 0.5) is 14.5 Å². The Morgan fingerprint density at radius 2 is 1.94 bits per heavy atom. The van der Waals surface area contributed by atoms with Gasteiger partial charge in [0.15, 0.2) is 5.96 Å². The molecule has 0 bridgehead atoms. The van der Waals surface area contributed by atoms with Gasteiger partial charge in [-0.2, -0.15) is 8.78 Å². The van der Waals surface area contributed by atoms with Crippen LogP contribution in [0, 0.1) is 0 Å². The van der Waals surface area contributed by atoms with E-state index in [1.807, 2.05) is 32.0 Å². The number of amides is 1. The Hall–Kier alpha value is -3.36. The van der Waals surface area contributed by atoms with Crippen LogP contribution >= 0.6 is 0 Å². The summed E-state index contributed by atoms with van der Waals surface area (Å²) in [6.07, 6.45) is 0.810. The minimum Gasteiger partial charge on any atom is -0.493 e. The van der Waals surface area contributed by atoms with Crippen molar-refractivity contribution in [2.24, 2.45) is 4.99 Å². The van der Waals surface area contributed by atoms with Gasteiger partial charge in [0.25, 0.3) is 0 Å². The van der Waals surface area contributed by atoms with Crippen LogP contribution in [0.3, 0.4) is 0 Å². The van der Waals surface area contributed by atoms with Crippen molar-refractivity contribution in [1.82, 2.24) is 10.6 Å². The summed E-state index contributed by atoms with van der Waals surface area (Å²) in [5.41, 5.74) is 2.15. The molecule has 2 rings (SSSR count). The molecule has 0 heterocycles. The Bertz CT molecular complexity index is 907. The first-order chi connectivity index (χ1) is 15.4. The van der Waals surface area contributed by atoms with Gasteiger partial charge in [-0.3, -0.25) is 4.79 Å². The van der Waals surface area contributed by atoms with Crippen LogP contribution in [0.15, 0.2) is 47.5 Å². The van der Waals surface area contributed by atoms with Crippen LogP contribution < -0.4 is 25.4 Å². The largest absolute Gasteiger partial charge is 0.493 e. The summed E-state index contributed by atoms with van der Waals surface area (Å²) in [7, 11) is 0. The molecule has 1 amide bonds. The molecule has 2 aromatic carbocycles. The predicted octanol–water partition coefficient (Wildman–Crippen LogP) is 4.29. The second-order valence-electron chi connectivity index (χ2n) is 6.93. The van der Waals surface area contributed by atoms with Crippen molar-refractivity contribution < 1.29 is 23.0 Å². The van der Waals surface area contributed by atoms with Crippen molar-refractivity contribution in [1.29, 1.82) is 0 Å². The molecule has 0 saturated heterocycles. The number of aliphatic imine (C=N–C) groups is 1. The lowest BCUT2D eigenvalue weighted by Crippen LogP contribution is -2.36. The van der Waals surface area contributed by atoms with Gasteiger partial charge in [0.05, 0.1) is 13.2 Å². The molecule has 174 valence electrons. The molecular formula is C23H30F2N4O3. The molecule has 0 aromatic heterocycles. The smallest absolute Gasteiger partial charge is 0.387 e. The summed E-state index contributed by atoms with van der Waals surface area (Å²) in [4.78, 5) is 15.8. The highest BCUT2D eigenvalue weighted by molar-refractivity contribution is 5.88. The lowest BCUT2D eigenvalue weighted by atomic mass is 10.2. The maximum absolute atomic E-state index is 12.9. The second kappa shape index (κ2) is 13.1. The number of nitrogens with one attached hydrogen (secondary N) is 3. The van der Waals surface area contributed by atoms with E-state index in [9.17, 15) is 13.6 Å². The molecular weight excluding hydrogens is 418 g/mol. The molecule has 9 heteroatoms. The molecule has 0 aliphatic heterocycles. The number of hydrogen-bond donors (Lipinski definition) is 3. The second-order valence-corrected chi connectivity index (χ2v) is 6.93. The summed E-state index contributed by atoms with van der Waals surface area (Å²) < 4.78 is 36.0. The van der Waals surface area contributed by atoms with Gasteiger partial charge in [0.2, 0.25) is 5.91 Å². The maximum Gasteiger partial charge on any atom is 0.387 e. The van der Waals surface area contributed by atoms with E-state index in [2.05, 4.69) is 25.7 Å². The Morgan fingerprint density at radius 3 is 2.62 bits per heavy atom. The van der Waals surface area contributed by atoms with Crippen molar-refractivity contribution in [3.8, 4) is 11.5 Å². The third kappa shape index (κ3) is 8.79. The van der Waals surface area contributed by atoms with Gasteiger partial charge in [-0.1, -0.05) is 19.1 Å². The van der Waals surface area contributed by atoms with Crippen molar-refractivity contribution in [2.75, 3.05) is 18.5 Å². The zero-order valence-electron chi connectivity index (χ0n) is 18.6. The third-order valence-corrected chi connectivity index (χ3v) is 4.19. The van der Waals surface area contributed by atoms with Crippen molar-refractivity contribution in [3.63, 3.8) is 0 Å². The molecule has 2 aromatic rings. The fraction of sp³-hybridized carbons (Fsp3) is 0.391. The highest BCUT2D eigenvalue weighted by Crippen LogP contribution is 2.26. The SMILES string of the molecule is CCCOc1ccc(CNC(=NCc2cccc(NC(C)=O)c2)NCC)c(OC(F)F)c1. The van der Waals surface area contributed by atoms with Crippen molar-refractivity contribution >= 4 is 17.6 Å². The molecule has 0 aliphatic rings. The number of alkyl halides is 2. The fourth-order valence-corrected chi connectivity index (χ4v) is 2.84. The molecule has 0 fully saturated rings. The van der Waals surface area contributed by atoms with Gasteiger partial charge in [-0.05, 0) is 43.2 Å². The number of ether oxygens (including phenoxy) is 2. The van der Waals surface area contributed by atoms with E-state index in [0.29, 0.717) is 42.7 Å². The highest BCUT2D eigenvalue weighted by Gasteiger charge is 2.12. The quantitative estimate of drug-likeness (QED) is 0.353. The minimum absolute atomic E-state index is 0.0555. The van der Waals surface area contributed by atoms with Crippen LogP contribution in [0.25, 0.3) is 0 Å². The van der Waals surface area contributed by atoms with Gasteiger partial charge >= 0.3 is 6.61 Å². The number of carbonyl (C=O) groups excluding carboxylic acids is 1. The molecule has 3 N–H and O–H groups in total. The lowest BCUT2D eigenvalue weighted by Gasteiger charge is -2.16. The third-order valence-electron chi connectivity index (χ3n) is 4.19. The van der Waals surface area contributed by atoms with Gasteiger partial charge in [0, 0.05) is 37.3 Å². The van der Waals surface area contributed by atoms with E-state index < -0.39 is 6.61 Å². The molecule has 0 unspecified atom stereocenters. The zero-order valence-corrected chi connectivity index (χ0v) is 18.6. The van der Waals surface area contributed by atoms with Gasteiger partial charge < -0.3 is 25.4 Å². The highest BCUT2D eigenvalue weighted by atomic mass is 19.3. The first-order valence-corrected chi connectivity index (χ1v) is 10.5. The summed E-state index contributed by atoms with van der Waals surface area (Å²) in [6.45, 7) is 4.13. The Labute approximate surface area is 187 Å². The number of halogens is 2. The number of anilines is 1. The summed E-state index contributed by atoms with van der Waals surface area (Å²) >= 11 is 0. The number of hydrogen-bond acceptors (Lipinski definition) is 4. The topological polar surface area (TPSA) is 84.0 Å². The van der Waals surface area contributed by atoms with E-state index in [-0.39, 0.29) is 18.2 Å². The Balaban J connectivity index is 2.10. The van der Waals surface area contributed by atoms with E-state index in [0.717, 1.165) is 12.0 Å². The summed E-state index contributed by atoms with van der Waals surface area (Å²) in [5, 5.41) is 9.00. The Morgan fingerprint density at radius 1 is 1.12 bits per heavy atom. The normalized spacial score (nSPS) is 11.2. The van der Waals surface area contributed by atoms with Gasteiger partial charge in [-0.25, -0.2) is 4.99 Å². The molecule has 0 radical (unpaired) electrons. The number of guanidine groups is 1. The predicted molar refractivity (Wildman–Crippen MR) is 121 cm³/mol. The monoisotopic (exact) mass is 448 g/mol. The summed E-state index contributed by atoms with van der Waals surface area (Å²) in [6, 6.07) is 12.3. The molecule has 32 heavy (non-hydrogen) atoms. The average Bonchev–Trinajstić information content (AvgIpc) is 2.74. The molecule has 0 saturated carbocycles. The van der Waals surface area contributed by atoms with Gasteiger partial charge in [0.1, 0.15) is 11.5 Å². The maximum atomic E-state index is 12.9. The minimum atomic E-state index is -2.94. The number of rotatable bonds is 11. The van der Waals surface area contributed by atoms with E-state index >= 15 is 0 Å². The van der Waals surface area contributed by atoms with Crippen molar-refractivity contribution in [2.45, 2.75) is 46.9 Å². The van der Waals surface area contributed by atoms with Crippen LogP contribution in [-0.4, -0.2) is 31.6 Å². The van der Waals surface area contributed by atoms with Crippen LogP contribution in [0.2, 0.25) is 0 Å². The van der Waals surface area contributed by atoms with Crippen LogP contribution in [-0.2, 0) is 17.9 Å². The van der Waals surface area contributed by atoms with Crippen molar-refractivity contribution in [3.05, 3.63) is 53.6 Å². The average molecular weight is 449 g/mol. The Kier molecular flexibility index (Phi) is 10.2. The lowest BCUT2D eigenvalue weighted by molar-refractivity contribution is -0.114. The zero-order chi connectivity index (χ0) is 23.3. The van der Waals surface area contributed by atoms with E-state index in [1.54, 1.807) is 18.2 Å². The van der Waals surface area contributed by atoms with Crippen LogP contribution in [0.1, 0.15) is 38.3 Å². The van der Waals surface area contributed by atoms with Crippen LogP contribution in [0.5, 0.6) is 11.5 Å². The van der Waals surface area contributed by atoms with E-state index in [4.69, 9.17) is 4.74 Å². The fourth-order valence-electron chi connectivity index (χ4n) is 2.84. The summed E-state index contributed by atoms with van der Waals surface area (Å²) in [5.74, 6) is 0.908. The number of benzene rings is 2. The number of nitrogens with zero attached hydrogens (tertiary/aromatic N) is 1. The standard InChI is InChI=1S/C23H30F2N4O3/c1-4-11-31-20-10-9-18(21(13-20)32-22(24)25)15-28-23(26-5-2)27-14-17-7-6-8-19(12-17)29-16(3)30/h6-10,12-13,22H,4-5,11,14-15H2,1-3H3,(H,29,30)(H2,26,27,28). The molecule has 0 spiro atoms. The van der Waals surface area contributed by atoms with Gasteiger partial charge in [-0.15, -0.1) is 0 Å². The molecule has 0 atom stereocenters. The molecule has 0 aliphatic carbocycles. The first-order valence-electron chi connectivity index (χ1n) is 10.5. The number of carbonyl (C=O) groups is 1. The first kappa shape index (κ1) is 24.9. The van der Waals surface area contributed by atoms with E-state index in [1.165, 1.54) is 13.0 Å².